The fourth-order valence-corrected chi connectivity index (χ4v) is 2.48. The van der Waals surface area contributed by atoms with Gasteiger partial charge in [-0.15, -0.1) is 12.4 Å². The van der Waals surface area contributed by atoms with Crippen molar-refractivity contribution in [1.29, 1.82) is 0 Å². The zero-order valence-electron chi connectivity index (χ0n) is 14.6. The molecule has 3 nitrogen and oxygen atoms in total. The number of ether oxygens (including phenoxy) is 2. The van der Waals surface area contributed by atoms with Crippen molar-refractivity contribution in [1.82, 2.24) is 5.32 Å². The Balaban J connectivity index is 0.00000312. The van der Waals surface area contributed by atoms with Crippen molar-refractivity contribution in [3.05, 3.63) is 58.4 Å². The average Bonchev–Trinajstić information content (AvgIpc) is 2.54. The van der Waals surface area contributed by atoms with Gasteiger partial charge in [-0.05, 0) is 42.3 Å². The van der Waals surface area contributed by atoms with Crippen LogP contribution >= 0.6 is 24.0 Å². The smallest absolute Gasteiger partial charge is 0.161 e. The van der Waals surface area contributed by atoms with Gasteiger partial charge in [-0.2, -0.15) is 0 Å². The van der Waals surface area contributed by atoms with Gasteiger partial charge in [0, 0.05) is 12.1 Å². The molecule has 1 N–H and O–H groups in total. The fourth-order valence-electron chi connectivity index (χ4n) is 2.27. The lowest BCUT2D eigenvalue weighted by molar-refractivity contribution is 0.279. The van der Waals surface area contributed by atoms with Crippen LogP contribution in [0.1, 0.15) is 25.0 Å². The maximum atomic E-state index is 13.8. The SMILES string of the molecule is COc1cc(CNCC(C)C)ccc1OCc1c(F)cccc1Cl.Cl. The third-order valence-electron chi connectivity index (χ3n) is 3.54. The summed E-state index contributed by atoms with van der Waals surface area (Å²) in [7, 11) is 1.59. The summed E-state index contributed by atoms with van der Waals surface area (Å²) in [5.74, 6) is 1.40. The first-order chi connectivity index (χ1) is 11.5. The Morgan fingerprint density at radius 3 is 2.56 bits per heavy atom. The third-order valence-corrected chi connectivity index (χ3v) is 3.90. The van der Waals surface area contributed by atoms with Gasteiger partial charge in [0.2, 0.25) is 0 Å². The van der Waals surface area contributed by atoms with Crippen molar-refractivity contribution in [2.45, 2.75) is 27.0 Å². The summed E-state index contributed by atoms with van der Waals surface area (Å²) < 4.78 is 24.9. The van der Waals surface area contributed by atoms with E-state index in [4.69, 9.17) is 21.1 Å². The van der Waals surface area contributed by atoms with Crippen LogP contribution in [0.25, 0.3) is 0 Å². The molecule has 2 rings (SSSR count). The minimum atomic E-state index is -0.379. The van der Waals surface area contributed by atoms with Crippen LogP contribution in [0, 0.1) is 11.7 Å². The highest BCUT2D eigenvalue weighted by atomic mass is 35.5. The Morgan fingerprint density at radius 1 is 1.16 bits per heavy atom. The topological polar surface area (TPSA) is 30.5 Å². The molecule has 0 unspecified atom stereocenters. The van der Waals surface area contributed by atoms with Gasteiger partial charge >= 0.3 is 0 Å². The molecule has 0 radical (unpaired) electrons. The lowest BCUT2D eigenvalue weighted by Gasteiger charge is -2.14. The highest BCUT2D eigenvalue weighted by Gasteiger charge is 2.11. The minimum absolute atomic E-state index is 0. The lowest BCUT2D eigenvalue weighted by atomic mass is 10.1. The lowest BCUT2D eigenvalue weighted by Crippen LogP contribution is -2.18. The summed E-state index contributed by atoms with van der Waals surface area (Å²) in [4.78, 5) is 0. The molecule has 0 aromatic heterocycles. The number of hydrogen-bond acceptors (Lipinski definition) is 3. The quantitative estimate of drug-likeness (QED) is 0.672. The second-order valence-electron chi connectivity index (χ2n) is 6.00. The third kappa shape index (κ3) is 6.38. The standard InChI is InChI=1S/C19H23ClFNO2.ClH/c1-13(2)10-22-11-14-7-8-18(19(9-14)23-3)24-12-15-16(20)5-4-6-17(15)21;/h4-9,13,22H,10-12H2,1-3H3;1H. The average molecular weight is 388 g/mol. The highest BCUT2D eigenvalue weighted by Crippen LogP contribution is 2.30. The van der Waals surface area contributed by atoms with Crippen LogP contribution in [0.15, 0.2) is 36.4 Å². The first-order valence-electron chi connectivity index (χ1n) is 7.94. The van der Waals surface area contributed by atoms with Gasteiger partial charge in [0.15, 0.2) is 11.5 Å². The van der Waals surface area contributed by atoms with E-state index >= 15 is 0 Å². The molecule has 0 spiro atoms. The number of hydrogen-bond donors (Lipinski definition) is 1. The molecule has 25 heavy (non-hydrogen) atoms. The fraction of sp³-hybridized carbons (Fsp3) is 0.368. The van der Waals surface area contributed by atoms with E-state index in [0.717, 1.165) is 18.7 Å². The summed E-state index contributed by atoms with van der Waals surface area (Å²) in [6.07, 6.45) is 0. The molecular formula is C19H24Cl2FNO2. The Kier molecular flexibility index (Phi) is 9.04. The minimum Gasteiger partial charge on any atom is -0.493 e. The predicted molar refractivity (Wildman–Crippen MR) is 103 cm³/mol. The molecular weight excluding hydrogens is 364 g/mol. The highest BCUT2D eigenvalue weighted by molar-refractivity contribution is 6.31. The van der Waals surface area contributed by atoms with Gasteiger partial charge in [-0.1, -0.05) is 37.6 Å². The number of benzene rings is 2. The molecule has 138 valence electrons. The maximum absolute atomic E-state index is 13.8. The van der Waals surface area contributed by atoms with Crippen molar-refractivity contribution in [2.75, 3.05) is 13.7 Å². The molecule has 6 heteroatoms. The zero-order valence-corrected chi connectivity index (χ0v) is 16.2. The first-order valence-corrected chi connectivity index (χ1v) is 8.32. The van der Waals surface area contributed by atoms with Gasteiger partial charge in [-0.3, -0.25) is 0 Å². The molecule has 2 aromatic carbocycles. The number of rotatable bonds is 8. The molecule has 0 aliphatic rings. The van der Waals surface area contributed by atoms with Crippen LogP contribution < -0.4 is 14.8 Å². The summed E-state index contributed by atoms with van der Waals surface area (Å²) in [5, 5.41) is 3.73. The summed E-state index contributed by atoms with van der Waals surface area (Å²) >= 11 is 6.02. The van der Waals surface area contributed by atoms with Crippen LogP contribution in [0.3, 0.4) is 0 Å². The predicted octanol–water partition coefficient (Wildman–Crippen LogP) is 5.23. The van der Waals surface area contributed by atoms with Crippen molar-refractivity contribution in [2.24, 2.45) is 5.92 Å². The van der Waals surface area contributed by atoms with Crippen LogP contribution in [-0.4, -0.2) is 13.7 Å². The Morgan fingerprint density at radius 2 is 1.92 bits per heavy atom. The largest absolute Gasteiger partial charge is 0.493 e. The van der Waals surface area contributed by atoms with Crippen LogP contribution in [0.5, 0.6) is 11.5 Å². The summed E-state index contributed by atoms with van der Waals surface area (Å²) in [6.45, 7) is 6.09. The molecule has 2 aromatic rings. The van der Waals surface area contributed by atoms with Gasteiger partial charge < -0.3 is 14.8 Å². The molecule has 0 aliphatic carbocycles. The van der Waals surface area contributed by atoms with Crippen LogP contribution in [-0.2, 0) is 13.2 Å². The Hall–Kier alpha value is -1.49. The van der Waals surface area contributed by atoms with E-state index in [2.05, 4.69) is 19.2 Å². The van der Waals surface area contributed by atoms with E-state index in [9.17, 15) is 4.39 Å². The van der Waals surface area contributed by atoms with Crippen molar-refractivity contribution < 1.29 is 13.9 Å². The number of methoxy groups -OCH3 is 1. The van der Waals surface area contributed by atoms with Crippen LogP contribution in [0.4, 0.5) is 4.39 Å². The second-order valence-corrected chi connectivity index (χ2v) is 6.41. The van der Waals surface area contributed by atoms with Gasteiger partial charge in [0.05, 0.1) is 12.1 Å². The Bertz CT molecular complexity index is 660. The van der Waals surface area contributed by atoms with Gasteiger partial charge in [0.1, 0.15) is 12.4 Å². The van der Waals surface area contributed by atoms with Gasteiger partial charge in [-0.25, -0.2) is 4.39 Å². The van der Waals surface area contributed by atoms with Gasteiger partial charge in [0.25, 0.3) is 0 Å². The van der Waals surface area contributed by atoms with E-state index in [1.54, 1.807) is 19.2 Å². The molecule has 0 fully saturated rings. The molecule has 0 saturated heterocycles. The normalized spacial score (nSPS) is 10.5. The molecule has 0 bridgehead atoms. The van der Waals surface area contributed by atoms with E-state index in [-0.39, 0.29) is 24.8 Å². The maximum Gasteiger partial charge on any atom is 0.161 e. The number of halogens is 3. The molecule has 0 heterocycles. The van der Waals surface area contributed by atoms with Crippen molar-refractivity contribution >= 4 is 24.0 Å². The summed E-state index contributed by atoms with van der Waals surface area (Å²) in [6, 6.07) is 10.3. The monoisotopic (exact) mass is 387 g/mol. The molecule has 0 aliphatic heterocycles. The van der Waals surface area contributed by atoms with Crippen LogP contribution in [0.2, 0.25) is 5.02 Å². The van der Waals surface area contributed by atoms with E-state index in [1.165, 1.54) is 6.07 Å². The van der Waals surface area contributed by atoms with E-state index in [1.807, 2.05) is 18.2 Å². The number of nitrogens with one attached hydrogen (secondary N) is 1. The first kappa shape index (κ1) is 21.6. The van der Waals surface area contributed by atoms with E-state index in [0.29, 0.717) is 28.0 Å². The summed E-state index contributed by atoms with van der Waals surface area (Å²) in [5.41, 5.74) is 1.44. The van der Waals surface area contributed by atoms with E-state index < -0.39 is 0 Å². The second kappa shape index (κ2) is 10.5. The molecule has 0 amide bonds. The Labute approximate surface area is 159 Å². The van der Waals surface area contributed by atoms with Crippen molar-refractivity contribution in [3.63, 3.8) is 0 Å². The molecule has 0 atom stereocenters. The van der Waals surface area contributed by atoms with Crippen molar-refractivity contribution in [3.8, 4) is 11.5 Å². The molecule has 0 saturated carbocycles. The zero-order chi connectivity index (χ0) is 17.5.